The molecule has 2 N–H and O–H groups in total. The summed E-state index contributed by atoms with van der Waals surface area (Å²) in [7, 11) is 1.87. The number of aromatic hydroxyl groups is 1. The zero-order chi connectivity index (χ0) is 23.9. The summed E-state index contributed by atoms with van der Waals surface area (Å²) in [5.41, 5.74) is 1.69. The van der Waals surface area contributed by atoms with Gasteiger partial charge in [-0.25, -0.2) is 0 Å². The standard InChI is InChI=1S/C28H34N2O5/c1-29(23(32)7-4-18-9-13-34-16-18)20-8-10-28(33)22-14-19-5-6-21(31)25-24(19)27(28,26(20)35-25)11-12-30(22)15-17-2-3-17/h5-6,9,13,16-17,20,22,26,31,33H,2-4,7-8,10-12,14-15H2,1H3/t20?,22-,26?,27+,28-/m1/s1. The molecule has 3 aliphatic carbocycles. The molecule has 35 heavy (non-hydrogen) atoms. The molecule has 1 saturated heterocycles. The molecule has 7 nitrogen and oxygen atoms in total. The number of furan rings is 1. The van der Waals surface area contributed by atoms with Crippen LogP contribution in [0.5, 0.6) is 11.5 Å². The number of piperidine rings is 1. The van der Waals surface area contributed by atoms with E-state index >= 15 is 0 Å². The van der Waals surface area contributed by atoms with E-state index in [2.05, 4.69) is 4.90 Å². The second kappa shape index (κ2) is 7.50. The van der Waals surface area contributed by atoms with Gasteiger partial charge in [0.1, 0.15) is 6.10 Å². The van der Waals surface area contributed by atoms with Crippen LogP contribution in [-0.2, 0) is 23.1 Å². The number of aliphatic hydroxyl groups is 1. The minimum absolute atomic E-state index is 0.0500. The van der Waals surface area contributed by atoms with Gasteiger partial charge in [-0.1, -0.05) is 6.07 Å². The van der Waals surface area contributed by atoms with E-state index in [1.165, 1.54) is 18.4 Å². The number of phenols is 1. The minimum Gasteiger partial charge on any atom is -0.504 e. The number of aryl methyl sites for hydroxylation is 1. The van der Waals surface area contributed by atoms with Gasteiger partial charge in [-0.3, -0.25) is 9.69 Å². The average molecular weight is 479 g/mol. The predicted octanol–water partition coefficient (Wildman–Crippen LogP) is 3.01. The van der Waals surface area contributed by atoms with Crippen molar-refractivity contribution < 1.29 is 24.2 Å². The molecule has 2 aliphatic heterocycles. The summed E-state index contributed by atoms with van der Waals surface area (Å²) in [6.07, 6.45) is 9.47. The summed E-state index contributed by atoms with van der Waals surface area (Å²) in [6.45, 7) is 1.98. The van der Waals surface area contributed by atoms with Crippen LogP contribution >= 0.6 is 0 Å². The maximum atomic E-state index is 13.3. The Labute approximate surface area is 205 Å². The van der Waals surface area contributed by atoms with Gasteiger partial charge in [0.15, 0.2) is 11.5 Å². The summed E-state index contributed by atoms with van der Waals surface area (Å²) >= 11 is 0. The molecule has 186 valence electrons. The number of carbonyl (C=O) groups is 1. The molecule has 0 radical (unpaired) electrons. The fourth-order valence-corrected chi connectivity index (χ4v) is 7.90. The highest BCUT2D eigenvalue weighted by Crippen LogP contribution is 2.66. The van der Waals surface area contributed by atoms with Crippen LogP contribution in [0, 0.1) is 5.92 Å². The van der Waals surface area contributed by atoms with Crippen LogP contribution in [0.25, 0.3) is 0 Å². The zero-order valence-corrected chi connectivity index (χ0v) is 20.3. The van der Waals surface area contributed by atoms with Crippen LogP contribution in [-0.4, -0.2) is 69.8 Å². The number of benzene rings is 1. The van der Waals surface area contributed by atoms with Crippen LogP contribution in [0.4, 0.5) is 0 Å². The van der Waals surface area contributed by atoms with Gasteiger partial charge in [-0.15, -0.1) is 0 Å². The summed E-state index contributed by atoms with van der Waals surface area (Å²) < 4.78 is 11.7. The lowest BCUT2D eigenvalue weighted by Crippen LogP contribution is -2.78. The molecule has 2 aromatic rings. The molecule has 2 saturated carbocycles. The van der Waals surface area contributed by atoms with Crippen LogP contribution < -0.4 is 4.74 Å². The van der Waals surface area contributed by atoms with Crippen molar-refractivity contribution in [1.29, 1.82) is 0 Å². The number of amides is 1. The van der Waals surface area contributed by atoms with E-state index in [0.29, 0.717) is 31.4 Å². The third-order valence-corrected chi connectivity index (χ3v) is 9.83. The Hall–Kier alpha value is -2.51. The van der Waals surface area contributed by atoms with Crippen LogP contribution in [0.15, 0.2) is 35.1 Å². The molecule has 5 aliphatic rings. The largest absolute Gasteiger partial charge is 0.504 e. The smallest absolute Gasteiger partial charge is 0.223 e. The normalized spacial score (nSPS) is 34.9. The van der Waals surface area contributed by atoms with E-state index in [-0.39, 0.29) is 29.8 Å². The Morgan fingerprint density at radius 2 is 2.09 bits per heavy atom. The number of hydrogen-bond acceptors (Lipinski definition) is 6. The lowest BCUT2D eigenvalue weighted by Gasteiger charge is -2.64. The number of phenolic OH excluding ortho intramolecular Hbond substituents is 1. The van der Waals surface area contributed by atoms with Crippen molar-refractivity contribution >= 4 is 5.91 Å². The van der Waals surface area contributed by atoms with E-state index in [9.17, 15) is 15.0 Å². The van der Waals surface area contributed by atoms with Gasteiger partial charge in [0.05, 0.1) is 29.6 Å². The number of rotatable bonds is 6. The van der Waals surface area contributed by atoms with Crippen molar-refractivity contribution in [2.24, 2.45) is 5.92 Å². The topological polar surface area (TPSA) is 86.4 Å². The first-order valence-corrected chi connectivity index (χ1v) is 13.2. The molecule has 5 atom stereocenters. The molecule has 3 heterocycles. The Bertz CT molecular complexity index is 1160. The van der Waals surface area contributed by atoms with Crippen LogP contribution in [0.1, 0.15) is 55.2 Å². The molecular weight excluding hydrogens is 444 g/mol. The van der Waals surface area contributed by atoms with E-state index < -0.39 is 11.0 Å². The number of nitrogens with zero attached hydrogens (tertiary/aromatic N) is 2. The number of carbonyl (C=O) groups excluding carboxylic acids is 1. The Morgan fingerprint density at radius 1 is 1.23 bits per heavy atom. The molecular formula is C28H34N2O5. The van der Waals surface area contributed by atoms with Crippen molar-refractivity contribution in [2.75, 3.05) is 20.1 Å². The van der Waals surface area contributed by atoms with E-state index in [1.807, 2.05) is 24.1 Å². The first-order valence-electron chi connectivity index (χ1n) is 13.2. The highest BCUT2D eigenvalue weighted by atomic mass is 16.5. The lowest BCUT2D eigenvalue weighted by atomic mass is 9.48. The van der Waals surface area contributed by atoms with Gasteiger partial charge in [-0.2, -0.15) is 0 Å². The molecule has 3 fully saturated rings. The quantitative estimate of drug-likeness (QED) is 0.664. The summed E-state index contributed by atoms with van der Waals surface area (Å²) in [5, 5.41) is 23.3. The number of likely N-dealkylation sites (N-methyl/N-ethyl adjacent to an activating group) is 1. The van der Waals surface area contributed by atoms with Crippen molar-refractivity contribution in [1.82, 2.24) is 9.80 Å². The third-order valence-electron chi connectivity index (χ3n) is 9.83. The summed E-state index contributed by atoms with van der Waals surface area (Å²) in [6, 6.07) is 5.56. The third kappa shape index (κ3) is 2.94. The SMILES string of the molecule is CN(C(=O)CCc1ccoc1)C1CC[C@@]2(O)[C@H]3Cc4ccc(O)c5c4[C@@]2(CCN3CC2CC2)C1O5. The minimum atomic E-state index is -0.923. The number of ether oxygens (including phenoxy) is 1. The van der Waals surface area contributed by atoms with Crippen LogP contribution in [0.2, 0.25) is 0 Å². The van der Waals surface area contributed by atoms with E-state index in [4.69, 9.17) is 9.15 Å². The molecule has 1 aromatic heterocycles. The Balaban J connectivity index is 1.25. The molecule has 1 amide bonds. The van der Waals surface area contributed by atoms with Gasteiger partial charge >= 0.3 is 0 Å². The number of hydrogen-bond donors (Lipinski definition) is 2. The van der Waals surface area contributed by atoms with Crippen molar-refractivity contribution in [3.05, 3.63) is 47.4 Å². The van der Waals surface area contributed by atoms with E-state index in [1.54, 1.807) is 18.6 Å². The molecule has 2 unspecified atom stereocenters. The van der Waals surface area contributed by atoms with Crippen molar-refractivity contribution in [3.63, 3.8) is 0 Å². The predicted molar refractivity (Wildman–Crippen MR) is 128 cm³/mol. The highest BCUT2D eigenvalue weighted by Gasteiger charge is 2.73. The Morgan fingerprint density at radius 3 is 2.86 bits per heavy atom. The first kappa shape index (κ1) is 21.7. The van der Waals surface area contributed by atoms with Gasteiger partial charge in [0, 0.05) is 31.6 Å². The van der Waals surface area contributed by atoms with Crippen LogP contribution in [0.3, 0.4) is 0 Å². The van der Waals surface area contributed by atoms with Gasteiger partial charge in [0.2, 0.25) is 5.91 Å². The number of likely N-dealkylation sites (tertiary alicyclic amines) is 1. The molecule has 7 rings (SSSR count). The van der Waals surface area contributed by atoms with E-state index in [0.717, 1.165) is 43.0 Å². The van der Waals surface area contributed by atoms with Crippen molar-refractivity contribution in [2.45, 2.75) is 80.6 Å². The first-order chi connectivity index (χ1) is 16.9. The van der Waals surface area contributed by atoms with Crippen molar-refractivity contribution in [3.8, 4) is 11.5 Å². The van der Waals surface area contributed by atoms with Gasteiger partial charge in [0.25, 0.3) is 0 Å². The van der Waals surface area contributed by atoms with Gasteiger partial charge < -0.3 is 24.3 Å². The second-order valence-corrected chi connectivity index (χ2v) is 11.5. The maximum Gasteiger partial charge on any atom is 0.223 e. The monoisotopic (exact) mass is 478 g/mol. The molecule has 1 spiro atoms. The summed E-state index contributed by atoms with van der Waals surface area (Å²) in [5.74, 6) is 1.50. The average Bonchev–Trinajstić information content (AvgIpc) is 3.36. The highest BCUT2D eigenvalue weighted by molar-refractivity contribution is 5.77. The zero-order valence-electron chi connectivity index (χ0n) is 20.3. The molecule has 1 aromatic carbocycles. The molecule has 2 bridgehead atoms. The fraction of sp³-hybridized carbons (Fsp3) is 0.607. The Kier molecular flexibility index (Phi) is 4.66. The fourth-order valence-electron chi connectivity index (χ4n) is 7.90. The summed E-state index contributed by atoms with van der Waals surface area (Å²) in [4.78, 5) is 17.7. The van der Waals surface area contributed by atoms with Gasteiger partial charge in [-0.05, 0) is 80.7 Å². The maximum absolute atomic E-state index is 13.3. The second-order valence-electron chi connectivity index (χ2n) is 11.5. The lowest BCUT2D eigenvalue weighted by molar-refractivity contribution is -0.200. The molecule has 7 heteroatoms.